The largest absolute Gasteiger partial charge is 0.340 e. The van der Waals surface area contributed by atoms with Crippen molar-refractivity contribution < 1.29 is 4.39 Å². The lowest BCUT2D eigenvalue weighted by molar-refractivity contribution is 0.304. The van der Waals surface area contributed by atoms with E-state index in [4.69, 9.17) is 5.73 Å². The summed E-state index contributed by atoms with van der Waals surface area (Å²) >= 11 is 0. The van der Waals surface area contributed by atoms with Crippen LogP contribution in [0.5, 0.6) is 0 Å². The molecule has 4 N–H and O–H groups in total. The SMILES string of the molecule is Cc1ccc2[nH]c(C3(N)CCNCC3)nc2c1F. The summed E-state index contributed by atoms with van der Waals surface area (Å²) in [5.74, 6) is 0.441. The third-order valence-electron chi connectivity index (χ3n) is 3.75. The number of halogens is 1. The normalized spacial score (nSPS) is 19.3. The van der Waals surface area contributed by atoms with Gasteiger partial charge in [0.25, 0.3) is 0 Å². The summed E-state index contributed by atoms with van der Waals surface area (Å²) in [5, 5.41) is 3.27. The van der Waals surface area contributed by atoms with Gasteiger partial charge >= 0.3 is 0 Å². The van der Waals surface area contributed by atoms with Crippen molar-refractivity contribution >= 4 is 11.0 Å². The lowest BCUT2D eigenvalue weighted by Crippen LogP contribution is -2.47. The van der Waals surface area contributed by atoms with Gasteiger partial charge in [-0.25, -0.2) is 9.37 Å². The van der Waals surface area contributed by atoms with Crippen molar-refractivity contribution in [2.45, 2.75) is 25.3 Å². The molecule has 0 saturated carbocycles. The molecule has 0 atom stereocenters. The zero-order valence-corrected chi connectivity index (χ0v) is 10.4. The van der Waals surface area contributed by atoms with Gasteiger partial charge in [-0.2, -0.15) is 0 Å². The zero-order chi connectivity index (χ0) is 12.8. The molecule has 0 spiro atoms. The molecule has 2 aromatic rings. The maximum Gasteiger partial charge on any atom is 0.153 e. The van der Waals surface area contributed by atoms with Crippen LogP contribution in [-0.4, -0.2) is 23.1 Å². The van der Waals surface area contributed by atoms with Gasteiger partial charge in [-0.1, -0.05) is 6.07 Å². The van der Waals surface area contributed by atoms with Crippen LogP contribution in [0.3, 0.4) is 0 Å². The third-order valence-corrected chi connectivity index (χ3v) is 3.75. The number of nitrogens with one attached hydrogen (secondary N) is 2. The van der Waals surface area contributed by atoms with E-state index in [0.29, 0.717) is 16.9 Å². The fraction of sp³-hybridized carbons (Fsp3) is 0.462. The van der Waals surface area contributed by atoms with E-state index in [0.717, 1.165) is 31.4 Å². The molecule has 1 aromatic carbocycles. The smallest absolute Gasteiger partial charge is 0.153 e. The molecule has 96 valence electrons. The van der Waals surface area contributed by atoms with Crippen LogP contribution in [0.4, 0.5) is 4.39 Å². The molecule has 2 heterocycles. The second-order valence-corrected chi connectivity index (χ2v) is 5.08. The van der Waals surface area contributed by atoms with Crippen molar-refractivity contribution in [2.24, 2.45) is 5.73 Å². The average Bonchev–Trinajstić information content (AvgIpc) is 2.80. The van der Waals surface area contributed by atoms with Crippen LogP contribution in [0.15, 0.2) is 12.1 Å². The third kappa shape index (κ3) is 1.71. The van der Waals surface area contributed by atoms with Crippen molar-refractivity contribution in [1.29, 1.82) is 0 Å². The number of piperidine rings is 1. The molecule has 4 nitrogen and oxygen atoms in total. The molecule has 1 saturated heterocycles. The Labute approximate surface area is 105 Å². The highest BCUT2D eigenvalue weighted by Gasteiger charge is 2.32. The standard InChI is InChI=1S/C13H17FN4/c1-8-2-3-9-11(10(8)14)18-12(17-9)13(15)4-6-16-7-5-13/h2-3,16H,4-7,15H2,1H3,(H,17,18). The number of hydrogen-bond donors (Lipinski definition) is 3. The van der Waals surface area contributed by atoms with Gasteiger partial charge in [0, 0.05) is 0 Å². The molecule has 0 unspecified atom stereocenters. The molecule has 1 fully saturated rings. The Bertz CT molecular complexity index is 584. The number of aryl methyl sites for hydroxylation is 1. The number of aromatic nitrogens is 2. The average molecular weight is 248 g/mol. The first-order valence-corrected chi connectivity index (χ1v) is 6.25. The number of H-pyrrole nitrogens is 1. The number of aromatic amines is 1. The Hall–Kier alpha value is -1.46. The number of nitrogens with zero attached hydrogens (tertiary/aromatic N) is 1. The van der Waals surface area contributed by atoms with Crippen LogP contribution in [0.25, 0.3) is 11.0 Å². The molecule has 1 aliphatic heterocycles. The molecule has 1 aromatic heterocycles. The number of nitrogens with two attached hydrogens (primary N) is 1. The lowest BCUT2D eigenvalue weighted by Gasteiger charge is -2.31. The quantitative estimate of drug-likeness (QED) is 0.717. The van der Waals surface area contributed by atoms with Gasteiger partial charge in [-0.3, -0.25) is 0 Å². The van der Waals surface area contributed by atoms with Crippen molar-refractivity contribution in [3.05, 3.63) is 29.3 Å². The summed E-state index contributed by atoms with van der Waals surface area (Å²) < 4.78 is 14.0. The van der Waals surface area contributed by atoms with Gasteiger partial charge in [0.2, 0.25) is 0 Å². The fourth-order valence-corrected chi connectivity index (χ4v) is 2.49. The molecule has 0 aliphatic carbocycles. The summed E-state index contributed by atoms with van der Waals surface area (Å²) in [6.07, 6.45) is 1.63. The van der Waals surface area contributed by atoms with Gasteiger partial charge < -0.3 is 16.0 Å². The van der Waals surface area contributed by atoms with Crippen molar-refractivity contribution in [2.75, 3.05) is 13.1 Å². The van der Waals surface area contributed by atoms with E-state index < -0.39 is 5.54 Å². The van der Waals surface area contributed by atoms with Crippen molar-refractivity contribution in [1.82, 2.24) is 15.3 Å². The van der Waals surface area contributed by atoms with Crippen LogP contribution in [-0.2, 0) is 5.54 Å². The summed E-state index contributed by atoms with van der Waals surface area (Å²) in [4.78, 5) is 7.56. The fourth-order valence-electron chi connectivity index (χ4n) is 2.49. The van der Waals surface area contributed by atoms with Gasteiger partial charge in [-0.15, -0.1) is 0 Å². The van der Waals surface area contributed by atoms with Crippen LogP contribution < -0.4 is 11.1 Å². The second-order valence-electron chi connectivity index (χ2n) is 5.08. The zero-order valence-electron chi connectivity index (χ0n) is 10.4. The van der Waals surface area contributed by atoms with Crippen LogP contribution >= 0.6 is 0 Å². The Balaban J connectivity index is 2.10. The highest BCUT2D eigenvalue weighted by molar-refractivity contribution is 5.76. The predicted octanol–water partition coefficient (Wildman–Crippen LogP) is 1.55. The van der Waals surface area contributed by atoms with E-state index in [2.05, 4.69) is 15.3 Å². The maximum atomic E-state index is 14.0. The molecule has 5 heteroatoms. The summed E-state index contributed by atoms with van der Waals surface area (Å²) in [6, 6.07) is 3.61. The number of hydrogen-bond acceptors (Lipinski definition) is 3. The number of fused-ring (bicyclic) bond motifs is 1. The van der Waals surface area contributed by atoms with Crippen LogP contribution in [0.2, 0.25) is 0 Å². The van der Waals surface area contributed by atoms with E-state index in [1.165, 1.54) is 0 Å². The van der Waals surface area contributed by atoms with E-state index in [1.54, 1.807) is 13.0 Å². The lowest BCUT2D eigenvalue weighted by atomic mass is 9.89. The molecule has 0 radical (unpaired) electrons. The predicted molar refractivity (Wildman–Crippen MR) is 68.8 cm³/mol. The first kappa shape index (κ1) is 11.6. The highest BCUT2D eigenvalue weighted by atomic mass is 19.1. The number of imidazole rings is 1. The molecular formula is C13H17FN4. The first-order chi connectivity index (χ1) is 8.60. The Kier molecular flexibility index (Phi) is 2.60. The van der Waals surface area contributed by atoms with Crippen molar-refractivity contribution in [3.63, 3.8) is 0 Å². The summed E-state index contributed by atoms with van der Waals surface area (Å²) in [7, 11) is 0. The van der Waals surface area contributed by atoms with E-state index in [1.807, 2.05) is 6.07 Å². The Morgan fingerprint density at radius 3 is 2.78 bits per heavy atom. The second kappa shape index (κ2) is 4.03. The molecular weight excluding hydrogens is 231 g/mol. The van der Waals surface area contributed by atoms with Gasteiger partial charge in [0.1, 0.15) is 11.3 Å². The maximum absolute atomic E-state index is 14.0. The minimum Gasteiger partial charge on any atom is -0.340 e. The molecule has 18 heavy (non-hydrogen) atoms. The molecule has 0 amide bonds. The van der Waals surface area contributed by atoms with Crippen molar-refractivity contribution in [3.8, 4) is 0 Å². The first-order valence-electron chi connectivity index (χ1n) is 6.25. The van der Waals surface area contributed by atoms with E-state index in [9.17, 15) is 4.39 Å². The summed E-state index contributed by atoms with van der Waals surface area (Å²) in [6.45, 7) is 3.48. The summed E-state index contributed by atoms with van der Waals surface area (Å²) in [5.41, 5.74) is 7.63. The molecule has 3 rings (SSSR count). The molecule has 0 bridgehead atoms. The monoisotopic (exact) mass is 248 g/mol. The highest BCUT2D eigenvalue weighted by Crippen LogP contribution is 2.28. The number of rotatable bonds is 1. The topological polar surface area (TPSA) is 66.7 Å². The van der Waals surface area contributed by atoms with Crippen LogP contribution in [0.1, 0.15) is 24.2 Å². The van der Waals surface area contributed by atoms with E-state index >= 15 is 0 Å². The minimum atomic E-state index is -0.468. The molecule has 1 aliphatic rings. The number of benzene rings is 1. The Morgan fingerprint density at radius 1 is 1.33 bits per heavy atom. The minimum absolute atomic E-state index is 0.257. The van der Waals surface area contributed by atoms with Gasteiger partial charge in [0.05, 0.1) is 11.1 Å². The Morgan fingerprint density at radius 2 is 2.06 bits per heavy atom. The van der Waals surface area contributed by atoms with E-state index in [-0.39, 0.29) is 5.82 Å². The van der Waals surface area contributed by atoms with Crippen LogP contribution in [0, 0.1) is 12.7 Å². The van der Waals surface area contributed by atoms with Gasteiger partial charge in [-0.05, 0) is 44.5 Å². The van der Waals surface area contributed by atoms with Gasteiger partial charge in [0.15, 0.2) is 5.82 Å².